The van der Waals surface area contributed by atoms with E-state index in [1.54, 1.807) is 24.1 Å². The van der Waals surface area contributed by atoms with E-state index in [1.807, 2.05) is 6.92 Å². The number of nitriles is 1. The lowest BCUT2D eigenvalue weighted by Crippen LogP contribution is -2.11. The summed E-state index contributed by atoms with van der Waals surface area (Å²) in [6.07, 6.45) is 3.65. The summed E-state index contributed by atoms with van der Waals surface area (Å²) in [6, 6.07) is 2.05. The molecule has 1 heterocycles. The summed E-state index contributed by atoms with van der Waals surface area (Å²) in [4.78, 5) is 0. The normalized spacial score (nSPS) is 12.1. The SMILES string of the molecule is CCC(C#N)Oc1cnn(C)c1. The van der Waals surface area contributed by atoms with Crippen molar-refractivity contribution < 1.29 is 4.74 Å². The van der Waals surface area contributed by atoms with Crippen LogP contribution < -0.4 is 4.74 Å². The fourth-order valence-electron chi connectivity index (χ4n) is 0.825. The van der Waals surface area contributed by atoms with Crippen molar-refractivity contribution in [1.82, 2.24) is 9.78 Å². The van der Waals surface area contributed by atoms with Gasteiger partial charge in [-0.2, -0.15) is 10.4 Å². The molecule has 4 heteroatoms. The highest BCUT2D eigenvalue weighted by molar-refractivity contribution is 5.13. The molecule has 0 aliphatic rings. The molecule has 12 heavy (non-hydrogen) atoms. The first-order chi connectivity index (χ1) is 5.76. The van der Waals surface area contributed by atoms with Gasteiger partial charge in [-0.15, -0.1) is 0 Å². The summed E-state index contributed by atoms with van der Waals surface area (Å²) in [7, 11) is 1.81. The molecular weight excluding hydrogens is 154 g/mol. The molecule has 0 spiro atoms. The van der Waals surface area contributed by atoms with Crippen molar-refractivity contribution in [3.8, 4) is 11.8 Å². The van der Waals surface area contributed by atoms with Gasteiger partial charge in [0.1, 0.15) is 6.07 Å². The van der Waals surface area contributed by atoms with Gasteiger partial charge in [-0.3, -0.25) is 4.68 Å². The third-order valence-electron chi connectivity index (χ3n) is 1.47. The number of nitrogens with zero attached hydrogens (tertiary/aromatic N) is 3. The Morgan fingerprint density at radius 2 is 2.58 bits per heavy atom. The Labute approximate surface area is 71.4 Å². The van der Waals surface area contributed by atoms with Gasteiger partial charge < -0.3 is 4.74 Å². The average Bonchev–Trinajstić information content (AvgIpc) is 2.47. The monoisotopic (exact) mass is 165 g/mol. The predicted molar refractivity (Wildman–Crippen MR) is 43.5 cm³/mol. The quantitative estimate of drug-likeness (QED) is 0.673. The van der Waals surface area contributed by atoms with Crippen LogP contribution in [0.3, 0.4) is 0 Å². The summed E-state index contributed by atoms with van der Waals surface area (Å²) in [5.41, 5.74) is 0. The highest BCUT2D eigenvalue weighted by Gasteiger charge is 2.06. The zero-order valence-corrected chi connectivity index (χ0v) is 7.19. The van der Waals surface area contributed by atoms with Crippen molar-refractivity contribution in [2.75, 3.05) is 0 Å². The lowest BCUT2D eigenvalue weighted by molar-refractivity contribution is 0.251. The summed E-state index contributed by atoms with van der Waals surface area (Å²) >= 11 is 0. The molecule has 64 valence electrons. The van der Waals surface area contributed by atoms with Crippen LogP contribution in [0.2, 0.25) is 0 Å². The molecule has 0 radical (unpaired) electrons. The van der Waals surface area contributed by atoms with Gasteiger partial charge in [0.2, 0.25) is 0 Å². The van der Waals surface area contributed by atoms with Crippen molar-refractivity contribution in [3.63, 3.8) is 0 Å². The van der Waals surface area contributed by atoms with Crippen molar-refractivity contribution in [1.29, 1.82) is 5.26 Å². The fraction of sp³-hybridized carbons (Fsp3) is 0.500. The van der Waals surface area contributed by atoms with Gasteiger partial charge in [0.25, 0.3) is 0 Å². The molecule has 1 rings (SSSR count). The molecule has 0 saturated heterocycles. The Bertz CT molecular complexity index is 287. The highest BCUT2D eigenvalue weighted by atomic mass is 16.5. The zero-order chi connectivity index (χ0) is 8.97. The third-order valence-corrected chi connectivity index (χ3v) is 1.47. The molecular formula is C8H11N3O. The van der Waals surface area contributed by atoms with Gasteiger partial charge >= 0.3 is 0 Å². The minimum absolute atomic E-state index is 0.366. The lowest BCUT2D eigenvalue weighted by atomic mass is 10.3. The Hall–Kier alpha value is -1.50. The molecule has 1 aromatic heterocycles. The predicted octanol–water partition coefficient (Wildman–Crippen LogP) is 1.10. The molecule has 0 bridgehead atoms. The van der Waals surface area contributed by atoms with Crippen molar-refractivity contribution in [2.24, 2.45) is 7.05 Å². The Morgan fingerprint density at radius 3 is 3.00 bits per heavy atom. The standard InChI is InChI=1S/C8H11N3O/c1-3-7(4-9)12-8-5-10-11(2)6-8/h5-7H,3H2,1-2H3. The molecule has 1 aromatic rings. The second kappa shape index (κ2) is 3.77. The van der Waals surface area contributed by atoms with E-state index in [4.69, 9.17) is 10.00 Å². The maximum Gasteiger partial charge on any atom is 0.184 e. The van der Waals surface area contributed by atoms with Gasteiger partial charge in [0.05, 0.1) is 12.4 Å². The highest BCUT2D eigenvalue weighted by Crippen LogP contribution is 2.10. The lowest BCUT2D eigenvalue weighted by Gasteiger charge is -2.06. The van der Waals surface area contributed by atoms with E-state index in [0.717, 1.165) is 0 Å². The van der Waals surface area contributed by atoms with E-state index in [-0.39, 0.29) is 6.10 Å². The fourth-order valence-corrected chi connectivity index (χ4v) is 0.825. The van der Waals surface area contributed by atoms with Gasteiger partial charge in [-0.1, -0.05) is 6.92 Å². The largest absolute Gasteiger partial charge is 0.472 e. The summed E-state index contributed by atoms with van der Waals surface area (Å²) in [5, 5.41) is 12.5. The van der Waals surface area contributed by atoms with Crippen molar-refractivity contribution in [3.05, 3.63) is 12.4 Å². The summed E-state index contributed by atoms with van der Waals surface area (Å²) in [6.45, 7) is 1.91. The maximum atomic E-state index is 8.59. The van der Waals surface area contributed by atoms with Gasteiger partial charge in [-0.25, -0.2) is 0 Å². The number of hydrogen-bond donors (Lipinski definition) is 0. The minimum atomic E-state index is -0.366. The second-order valence-electron chi connectivity index (χ2n) is 2.49. The molecule has 1 atom stereocenters. The molecule has 0 fully saturated rings. The van der Waals surface area contributed by atoms with Crippen LogP contribution in [0.1, 0.15) is 13.3 Å². The van der Waals surface area contributed by atoms with Gasteiger partial charge in [-0.05, 0) is 6.42 Å². The maximum absolute atomic E-state index is 8.59. The third kappa shape index (κ3) is 1.99. The number of aryl methyl sites for hydroxylation is 1. The summed E-state index contributed by atoms with van der Waals surface area (Å²) in [5.74, 6) is 0.644. The number of aromatic nitrogens is 2. The van der Waals surface area contributed by atoms with Crippen LogP contribution >= 0.6 is 0 Å². The Morgan fingerprint density at radius 1 is 1.83 bits per heavy atom. The number of rotatable bonds is 3. The van der Waals surface area contributed by atoms with Crippen LogP contribution in [0.4, 0.5) is 0 Å². The molecule has 0 saturated carbocycles. The van der Waals surface area contributed by atoms with E-state index >= 15 is 0 Å². The van der Waals surface area contributed by atoms with Crippen LogP contribution in [-0.2, 0) is 7.05 Å². The van der Waals surface area contributed by atoms with Crippen LogP contribution in [0.15, 0.2) is 12.4 Å². The molecule has 1 unspecified atom stereocenters. The van der Waals surface area contributed by atoms with Crippen LogP contribution in [0, 0.1) is 11.3 Å². The molecule has 0 aromatic carbocycles. The van der Waals surface area contributed by atoms with Gasteiger partial charge in [0, 0.05) is 7.05 Å². The average molecular weight is 165 g/mol. The molecule has 0 aliphatic carbocycles. The van der Waals surface area contributed by atoms with Crippen molar-refractivity contribution in [2.45, 2.75) is 19.4 Å². The van der Waals surface area contributed by atoms with E-state index < -0.39 is 0 Å². The summed E-state index contributed by atoms with van der Waals surface area (Å²) < 4.78 is 6.93. The number of hydrogen-bond acceptors (Lipinski definition) is 3. The second-order valence-corrected chi connectivity index (χ2v) is 2.49. The topological polar surface area (TPSA) is 50.8 Å². The molecule has 0 aliphatic heterocycles. The first-order valence-corrected chi connectivity index (χ1v) is 3.81. The minimum Gasteiger partial charge on any atom is -0.472 e. The first kappa shape index (κ1) is 8.60. The smallest absolute Gasteiger partial charge is 0.184 e. The van der Waals surface area contributed by atoms with Crippen LogP contribution in [0.25, 0.3) is 0 Å². The van der Waals surface area contributed by atoms with Gasteiger partial charge in [0.15, 0.2) is 11.9 Å². The van der Waals surface area contributed by atoms with E-state index in [0.29, 0.717) is 12.2 Å². The molecule has 4 nitrogen and oxygen atoms in total. The van der Waals surface area contributed by atoms with Crippen LogP contribution in [-0.4, -0.2) is 15.9 Å². The Balaban J connectivity index is 2.58. The first-order valence-electron chi connectivity index (χ1n) is 3.81. The van der Waals surface area contributed by atoms with Crippen LogP contribution in [0.5, 0.6) is 5.75 Å². The number of ether oxygens (including phenoxy) is 1. The van der Waals surface area contributed by atoms with E-state index in [1.165, 1.54) is 0 Å². The van der Waals surface area contributed by atoms with E-state index in [9.17, 15) is 0 Å². The van der Waals surface area contributed by atoms with E-state index in [2.05, 4.69) is 11.2 Å². The Kier molecular flexibility index (Phi) is 2.70. The molecule has 0 N–H and O–H groups in total. The van der Waals surface area contributed by atoms with Crippen molar-refractivity contribution >= 4 is 0 Å². The molecule has 0 amide bonds. The zero-order valence-electron chi connectivity index (χ0n) is 7.19.